The molecule has 2 amide bonds. The number of hydrogen-bond donors (Lipinski definition) is 1. The van der Waals surface area contributed by atoms with Crippen LogP contribution < -0.4 is 10.1 Å². The molecular formula is C25H27FN2O3. The fraction of sp³-hybridized carbons (Fsp3) is 0.280. The third-order valence-corrected chi connectivity index (χ3v) is 4.97. The summed E-state index contributed by atoms with van der Waals surface area (Å²) >= 11 is 0. The smallest absolute Gasteiger partial charge is 0.261 e. The Bertz CT molecular complexity index is 1040. The highest BCUT2D eigenvalue weighted by molar-refractivity contribution is 5.90. The molecule has 0 unspecified atom stereocenters. The largest absolute Gasteiger partial charge is 0.483 e. The van der Waals surface area contributed by atoms with Crippen molar-refractivity contribution in [2.75, 3.05) is 6.61 Å². The average Bonchev–Trinajstić information content (AvgIpc) is 2.76. The SMILES string of the molecule is CC(C)NC(=O)[C@H](C)N(Cc1ccc(F)cc1)C(=O)COc1cccc2ccccc12. The number of hydrogen-bond acceptors (Lipinski definition) is 3. The predicted octanol–water partition coefficient (Wildman–Crippen LogP) is 4.30. The van der Waals surface area contributed by atoms with Gasteiger partial charge in [0.25, 0.3) is 5.91 Å². The van der Waals surface area contributed by atoms with Crippen LogP contribution in [0.3, 0.4) is 0 Å². The Hall–Kier alpha value is -3.41. The molecule has 0 saturated carbocycles. The van der Waals surface area contributed by atoms with Crippen LogP contribution in [0.5, 0.6) is 5.75 Å². The molecule has 1 atom stereocenters. The Morgan fingerprint density at radius 1 is 0.968 bits per heavy atom. The Kier molecular flexibility index (Phi) is 7.23. The summed E-state index contributed by atoms with van der Waals surface area (Å²) in [5.41, 5.74) is 0.726. The highest BCUT2D eigenvalue weighted by atomic mass is 19.1. The first kappa shape index (κ1) is 22.3. The summed E-state index contributed by atoms with van der Waals surface area (Å²) < 4.78 is 19.1. The summed E-state index contributed by atoms with van der Waals surface area (Å²) in [5, 5.41) is 4.76. The molecule has 162 valence electrons. The molecule has 0 saturated heterocycles. The van der Waals surface area contributed by atoms with Gasteiger partial charge in [-0.05, 0) is 49.9 Å². The van der Waals surface area contributed by atoms with Gasteiger partial charge in [0.1, 0.15) is 17.6 Å². The Morgan fingerprint density at radius 3 is 2.35 bits per heavy atom. The molecule has 0 fully saturated rings. The van der Waals surface area contributed by atoms with E-state index < -0.39 is 6.04 Å². The van der Waals surface area contributed by atoms with Gasteiger partial charge in [0, 0.05) is 18.0 Å². The molecule has 3 aromatic carbocycles. The van der Waals surface area contributed by atoms with Gasteiger partial charge in [0.05, 0.1) is 0 Å². The lowest BCUT2D eigenvalue weighted by Gasteiger charge is -2.29. The summed E-state index contributed by atoms with van der Waals surface area (Å²) in [6.45, 7) is 5.36. The van der Waals surface area contributed by atoms with Gasteiger partial charge in [-0.15, -0.1) is 0 Å². The number of ether oxygens (including phenoxy) is 1. The van der Waals surface area contributed by atoms with E-state index >= 15 is 0 Å². The lowest BCUT2D eigenvalue weighted by Crippen LogP contribution is -2.50. The van der Waals surface area contributed by atoms with E-state index in [9.17, 15) is 14.0 Å². The van der Waals surface area contributed by atoms with E-state index in [1.54, 1.807) is 19.1 Å². The Morgan fingerprint density at radius 2 is 1.65 bits per heavy atom. The standard InChI is InChI=1S/C25H27FN2O3/c1-17(2)27-25(30)18(3)28(15-19-11-13-21(26)14-12-19)24(29)16-31-23-10-6-8-20-7-4-5-9-22(20)23/h4-14,17-18H,15-16H2,1-3H3,(H,27,30)/t18-/m0/s1. The fourth-order valence-electron chi connectivity index (χ4n) is 3.32. The van der Waals surface area contributed by atoms with Crippen molar-refractivity contribution in [3.05, 3.63) is 78.1 Å². The van der Waals surface area contributed by atoms with Crippen molar-refractivity contribution in [1.82, 2.24) is 10.2 Å². The number of nitrogens with one attached hydrogen (secondary N) is 1. The van der Waals surface area contributed by atoms with Crippen molar-refractivity contribution in [1.29, 1.82) is 0 Å². The summed E-state index contributed by atoms with van der Waals surface area (Å²) in [6.07, 6.45) is 0. The fourth-order valence-corrected chi connectivity index (χ4v) is 3.32. The number of nitrogens with zero attached hydrogens (tertiary/aromatic N) is 1. The zero-order valence-corrected chi connectivity index (χ0v) is 18.0. The number of fused-ring (bicyclic) bond motifs is 1. The van der Waals surface area contributed by atoms with E-state index in [-0.39, 0.29) is 36.8 Å². The molecule has 0 heterocycles. The van der Waals surface area contributed by atoms with E-state index in [1.165, 1.54) is 17.0 Å². The van der Waals surface area contributed by atoms with Crippen molar-refractivity contribution in [3.8, 4) is 5.75 Å². The van der Waals surface area contributed by atoms with E-state index in [2.05, 4.69) is 5.32 Å². The van der Waals surface area contributed by atoms with E-state index in [1.807, 2.05) is 56.3 Å². The zero-order valence-electron chi connectivity index (χ0n) is 18.0. The van der Waals surface area contributed by atoms with Gasteiger partial charge >= 0.3 is 0 Å². The number of amides is 2. The topological polar surface area (TPSA) is 58.6 Å². The molecule has 0 spiro atoms. The number of carbonyl (C=O) groups is 2. The van der Waals surface area contributed by atoms with Crippen LogP contribution in [0.25, 0.3) is 10.8 Å². The van der Waals surface area contributed by atoms with Gasteiger partial charge in [0.2, 0.25) is 5.91 Å². The number of carbonyl (C=O) groups excluding carboxylic acids is 2. The number of rotatable bonds is 8. The Labute approximate surface area is 181 Å². The molecule has 0 aliphatic carbocycles. The van der Waals surface area contributed by atoms with Crippen LogP contribution in [-0.4, -0.2) is 35.4 Å². The summed E-state index contributed by atoms with van der Waals surface area (Å²) in [5.74, 6) is -0.335. The summed E-state index contributed by atoms with van der Waals surface area (Å²) in [6, 6.07) is 18.5. The van der Waals surface area contributed by atoms with Gasteiger partial charge in [-0.3, -0.25) is 9.59 Å². The number of benzene rings is 3. The molecule has 5 nitrogen and oxygen atoms in total. The van der Waals surface area contributed by atoms with Crippen LogP contribution in [0, 0.1) is 5.82 Å². The molecule has 1 N–H and O–H groups in total. The van der Waals surface area contributed by atoms with Crippen LogP contribution in [0.4, 0.5) is 4.39 Å². The molecule has 31 heavy (non-hydrogen) atoms. The number of halogens is 1. The first-order valence-electron chi connectivity index (χ1n) is 10.3. The van der Waals surface area contributed by atoms with Crippen molar-refractivity contribution in [3.63, 3.8) is 0 Å². The average molecular weight is 423 g/mol. The van der Waals surface area contributed by atoms with Crippen LogP contribution in [0.1, 0.15) is 26.3 Å². The van der Waals surface area contributed by atoms with Crippen LogP contribution in [-0.2, 0) is 16.1 Å². The third kappa shape index (κ3) is 5.81. The lowest BCUT2D eigenvalue weighted by molar-refractivity contribution is -0.142. The molecule has 0 bridgehead atoms. The predicted molar refractivity (Wildman–Crippen MR) is 119 cm³/mol. The molecule has 6 heteroatoms. The molecule has 0 aromatic heterocycles. The molecule has 3 rings (SSSR count). The normalized spacial score (nSPS) is 11.9. The van der Waals surface area contributed by atoms with Gasteiger partial charge in [-0.1, -0.05) is 48.5 Å². The van der Waals surface area contributed by atoms with Gasteiger partial charge in [-0.25, -0.2) is 4.39 Å². The monoisotopic (exact) mass is 422 g/mol. The zero-order chi connectivity index (χ0) is 22.4. The van der Waals surface area contributed by atoms with Crippen LogP contribution >= 0.6 is 0 Å². The molecule has 3 aromatic rings. The second-order valence-corrected chi connectivity index (χ2v) is 7.75. The lowest BCUT2D eigenvalue weighted by atomic mass is 10.1. The molecule has 0 aliphatic heterocycles. The highest BCUT2D eigenvalue weighted by Crippen LogP contribution is 2.25. The van der Waals surface area contributed by atoms with E-state index in [0.29, 0.717) is 5.75 Å². The minimum Gasteiger partial charge on any atom is -0.483 e. The summed E-state index contributed by atoms with van der Waals surface area (Å²) in [4.78, 5) is 27.1. The van der Waals surface area contributed by atoms with E-state index in [0.717, 1.165) is 16.3 Å². The Balaban J connectivity index is 1.78. The second kappa shape index (κ2) is 10.1. The van der Waals surface area contributed by atoms with Gasteiger partial charge in [0.15, 0.2) is 6.61 Å². The van der Waals surface area contributed by atoms with Gasteiger partial charge in [-0.2, -0.15) is 0 Å². The molecule has 0 aliphatic rings. The van der Waals surface area contributed by atoms with Crippen molar-refractivity contribution < 1.29 is 18.7 Å². The van der Waals surface area contributed by atoms with Crippen LogP contribution in [0.15, 0.2) is 66.7 Å². The van der Waals surface area contributed by atoms with Crippen molar-refractivity contribution >= 4 is 22.6 Å². The first-order valence-corrected chi connectivity index (χ1v) is 10.3. The maximum absolute atomic E-state index is 13.3. The quantitative estimate of drug-likeness (QED) is 0.589. The van der Waals surface area contributed by atoms with E-state index in [4.69, 9.17) is 4.74 Å². The molecule has 0 radical (unpaired) electrons. The second-order valence-electron chi connectivity index (χ2n) is 7.75. The highest BCUT2D eigenvalue weighted by Gasteiger charge is 2.27. The maximum atomic E-state index is 13.3. The minimum atomic E-state index is -0.712. The molecular weight excluding hydrogens is 395 g/mol. The minimum absolute atomic E-state index is 0.0512. The van der Waals surface area contributed by atoms with Gasteiger partial charge < -0.3 is 15.0 Å². The van der Waals surface area contributed by atoms with Crippen LogP contribution in [0.2, 0.25) is 0 Å². The maximum Gasteiger partial charge on any atom is 0.261 e. The van der Waals surface area contributed by atoms with Crippen molar-refractivity contribution in [2.45, 2.75) is 39.4 Å². The summed E-state index contributed by atoms with van der Waals surface area (Å²) in [7, 11) is 0. The third-order valence-electron chi connectivity index (χ3n) is 4.97. The van der Waals surface area contributed by atoms with Crippen molar-refractivity contribution in [2.24, 2.45) is 0 Å². The first-order chi connectivity index (χ1) is 14.8.